The largest absolute Gasteiger partial charge is 0.490 e. The topological polar surface area (TPSA) is 65.5 Å². The highest BCUT2D eigenvalue weighted by molar-refractivity contribution is 6.32. The predicted molar refractivity (Wildman–Crippen MR) is 83.0 cm³/mol. The molecular weight excluding hydrogens is 306 g/mol. The van der Waals surface area contributed by atoms with Crippen molar-refractivity contribution in [2.75, 3.05) is 25.6 Å². The zero-order valence-corrected chi connectivity index (χ0v) is 12.9. The lowest BCUT2D eigenvalue weighted by Gasteiger charge is -2.14. The summed E-state index contributed by atoms with van der Waals surface area (Å²) in [6, 6.07) is 6.09. The maximum Gasteiger partial charge on any atom is 0.318 e. The fraction of sp³-hybridized carbons (Fsp3) is 0.333. The summed E-state index contributed by atoms with van der Waals surface area (Å²) in [4.78, 5) is 8.13. The minimum atomic E-state index is 0.262. The van der Waals surface area contributed by atoms with Gasteiger partial charge in [-0.3, -0.25) is 0 Å². The van der Waals surface area contributed by atoms with Gasteiger partial charge in [0.15, 0.2) is 17.3 Å². The third-order valence-corrected chi connectivity index (χ3v) is 3.48. The molecule has 0 atom stereocenters. The Kier molecular flexibility index (Phi) is 4.48. The zero-order chi connectivity index (χ0) is 15.4. The van der Waals surface area contributed by atoms with Crippen molar-refractivity contribution in [3.63, 3.8) is 0 Å². The number of halogens is 1. The van der Waals surface area contributed by atoms with Crippen LogP contribution in [0.5, 0.6) is 17.5 Å². The molecule has 2 aromatic rings. The fourth-order valence-electron chi connectivity index (χ4n) is 2.15. The summed E-state index contributed by atoms with van der Waals surface area (Å²) in [5.41, 5.74) is 0.980. The number of methoxy groups -OCH3 is 1. The Morgan fingerprint density at radius 3 is 3.05 bits per heavy atom. The molecule has 0 fully saturated rings. The number of aromatic nitrogens is 2. The lowest BCUT2D eigenvalue weighted by atomic mass is 10.2. The first-order chi connectivity index (χ1) is 10.8. The van der Waals surface area contributed by atoms with E-state index >= 15 is 0 Å². The van der Waals surface area contributed by atoms with E-state index in [-0.39, 0.29) is 6.01 Å². The molecule has 0 radical (unpaired) electrons. The summed E-state index contributed by atoms with van der Waals surface area (Å²) in [6.07, 6.45) is 2.37. The molecule has 116 valence electrons. The molecule has 1 aromatic carbocycles. The standard InChI is InChI=1S/C15H16ClN3O3/c1-20-15-18-9-11(16)14(19-15)17-8-10-4-2-5-12-13(10)22-7-3-6-21-12/h2,4-5,9H,3,6-8H2,1H3,(H,17,18,19). The van der Waals surface area contributed by atoms with Gasteiger partial charge < -0.3 is 19.5 Å². The van der Waals surface area contributed by atoms with Crippen molar-refractivity contribution in [3.05, 3.63) is 35.0 Å². The number of hydrogen-bond acceptors (Lipinski definition) is 6. The van der Waals surface area contributed by atoms with Crippen molar-refractivity contribution in [3.8, 4) is 17.5 Å². The average Bonchev–Trinajstić information content (AvgIpc) is 2.80. The van der Waals surface area contributed by atoms with Crippen LogP contribution >= 0.6 is 11.6 Å². The van der Waals surface area contributed by atoms with Gasteiger partial charge >= 0.3 is 6.01 Å². The minimum Gasteiger partial charge on any atom is -0.490 e. The highest BCUT2D eigenvalue weighted by Crippen LogP contribution is 2.33. The molecule has 0 saturated heterocycles. The summed E-state index contributed by atoms with van der Waals surface area (Å²) >= 11 is 6.09. The molecule has 0 spiro atoms. The first-order valence-electron chi connectivity index (χ1n) is 6.96. The molecular formula is C15H16ClN3O3. The molecule has 1 N–H and O–H groups in total. The Hall–Kier alpha value is -2.21. The van der Waals surface area contributed by atoms with Crippen molar-refractivity contribution < 1.29 is 14.2 Å². The molecule has 0 saturated carbocycles. The van der Waals surface area contributed by atoms with Crippen molar-refractivity contribution in [2.45, 2.75) is 13.0 Å². The Labute approximate surface area is 133 Å². The average molecular weight is 322 g/mol. The molecule has 6 nitrogen and oxygen atoms in total. The Morgan fingerprint density at radius 2 is 2.18 bits per heavy atom. The molecule has 0 amide bonds. The van der Waals surface area contributed by atoms with E-state index in [4.69, 9.17) is 25.8 Å². The van der Waals surface area contributed by atoms with E-state index in [9.17, 15) is 0 Å². The Balaban J connectivity index is 1.80. The van der Waals surface area contributed by atoms with E-state index in [2.05, 4.69) is 15.3 Å². The molecule has 1 aromatic heterocycles. The minimum absolute atomic E-state index is 0.262. The molecule has 2 heterocycles. The van der Waals surface area contributed by atoms with E-state index in [1.165, 1.54) is 13.3 Å². The highest BCUT2D eigenvalue weighted by atomic mass is 35.5. The quantitative estimate of drug-likeness (QED) is 0.934. The summed E-state index contributed by atoms with van der Waals surface area (Å²) < 4.78 is 16.5. The van der Waals surface area contributed by atoms with Crippen LogP contribution in [0.2, 0.25) is 5.02 Å². The third kappa shape index (κ3) is 3.17. The number of nitrogens with zero attached hydrogens (tertiary/aromatic N) is 2. The summed E-state index contributed by atoms with van der Waals surface area (Å²) in [5.74, 6) is 2.05. The first kappa shape index (κ1) is 14.7. The fourth-order valence-corrected chi connectivity index (χ4v) is 2.30. The Morgan fingerprint density at radius 1 is 1.32 bits per heavy atom. The second-order valence-corrected chi connectivity index (χ2v) is 5.11. The van der Waals surface area contributed by atoms with Crippen molar-refractivity contribution >= 4 is 17.4 Å². The van der Waals surface area contributed by atoms with Crippen LogP contribution in [0.3, 0.4) is 0 Å². The van der Waals surface area contributed by atoms with Crippen molar-refractivity contribution in [1.82, 2.24) is 9.97 Å². The molecule has 3 rings (SSSR count). The van der Waals surface area contributed by atoms with Gasteiger partial charge in [0.25, 0.3) is 0 Å². The second-order valence-electron chi connectivity index (χ2n) is 4.70. The van der Waals surface area contributed by atoms with Gasteiger partial charge in [-0.2, -0.15) is 4.98 Å². The van der Waals surface area contributed by atoms with Gasteiger partial charge in [0.2, 0.25) is 0 Å². The maximum absolute atomic E-state index is 6.09. The van der Waals surface area contributed by atoms with E-state index in [1.807, 2.05) is 18.2 Å². The van der Waals surface area contributed by atoms with Crippen LogP contribution in [-0.4, -0.2) is 30.3 Å². The molecule has 7 heteroatoms. The maximum atomic E-state index is 6.09. The van der Waals surface area contributed by atoms with E-state index in [1.54, 1.807) is 0 Å². The van der Waals surface area contributed by atoms with Gasteiger partial charge in [-0.1, -0.05) is 23.7 Å². The van der Waals surface area contributed by atoms with Crippen LogP contribution in [-0.2, 0) is 6.54 Å². The Bertz CT molecular complexity index is 666. The summed E-state index contributed by atoms with van der Waals surface area (Å²) in [5, 5.41) is 3.61. The van der Waals surface area contributed by atoms with Gasteiger partial charge in [0, 0.05) is 18.5 Å². The summed E-state index contributed by atoms with van der Waals surface area (Å²) in [6.45, 7) is 1.82. The monoisotopic (exact) mass is 321 g/mol. The third-order valence-electron chi connectivity index (χ3n) is 3.20. The second kappa shape index (κ2) is 6.70. The van der Waals surface area contributed by atoms with Gasteiger partial charge in [-0.25, -0.2) is 4.98 Å². The number of anilines is 1. The van der Waals surface area contributed by atoms with Crippen LogP contribution in [0.15, 0.2) is 24.4 Å². The number of ether oxygens (including phenoxy) is 3. The van der Waals surface area contributed by atoms with Gasteiger partial charge in [0.05, 0.1) is 26.5 Å². The number of nitrogens with one attached hydrogen (secondary N) is 1. The summed E-state index contributed by atoms with van der Waals surface area (Å²) in [7, 11) is 1.51. The molecule has 1 aliphatic rings. The number of fused-ring (bicyclic) bond motifs is 1. The first-order valence-corrected chi connectivity index (χ1v) is 7.33. The molecule has 0 unspecified atom stereocenters. The predicted octanol–water partition coefficient (Wildman–Crippen LogP) is 2.91. The van der Waals surface area contributed by atoms with Crippen LogP contribution in [0.4, 0.5) is 5.82 Å². The molecule has 0 aliphatic carbocycles. The van der Waals surface area contributed by atoms with E-state index in [0.29, 0.717) is 30.6 Å². The normalized spacial score (nSPS) is 13.4. The van der Waals surface area contributed by atoms with Gasteiger partial charge in [0.1, 0.15) is 5.02 Å². The SMILES string of the molecule is COc1ncc(Cl)c(NCc2cccc3c2OCCCO3)n1. The lowest BCUT2D eigenvalue weighted by molar-refractivity contribution is 0.296. The molecule has 22 heavy (non-hydrogen) atoms. The van der Waals surface area contributed by atoms with Crippen LogP contribution in [0, 0.1) is 0 Å². The van der Waals surface area contributed by atoms with Crippen LogP contribution < -0.4 is 19.5 Å². The number of rotatable bonds is 4. The number of benzene rings is 1. The lowest BCUT2D eigenvalue weighted by Crippen LogP contribution is -2.06. The number of para-hydroxylation sites is 1. The number of hydrogen-bond donors (Lipinski definition) is 1. The van der Waals surface area contributed by atoms with Crippen molar-refractivity contribution in [1.29, 1.82) is 0 Å². The highest BCUT2D eigenvalue weighted by Gasteiger charge is 2.15. The zero-order valence-electron chi connectivity index (χ0n) is 12.1. The van der Waals surface area contributed by atoms with Crippen molar-refractivity contribution in [2.24, 2.45) is 0 Å². The van der Waals surface area contributed by atoms with E-state index < -0.39 is 0 Å². The molecule has 1 aliphatic heterocycles. The van der Waals surface area contributed by atoms with Gasteiger partial charge in [-0.05, 0) is 6.07 Å². The van der Waals surface area contributed by atoms with E-state index in [0.717, 1.165) is 23.5 Å². The van der Waals surface area contributed by atoms with Crippen LogP contribution in [0.1, 0.15) is 12.0 Å². The van der Waals surface area contributed by atoms with Crippen LogP contribution in [0.25, 0.3) is 0 Å². The molecule has 0 bridgehead atoms. The van der Waals surface area contributed by atoms with Gasteiger partial charge in [-0.15, -0.1) is 0 Å². The smallest absolute Gasteiger partial charge is 0.318 e.